The highest BCUT2D eigenvalue weighted by atomic mass is 16.5. The molecule has 0 saturated carbocycles. The summed E-state index contributed by atoms with van der Waals surface area (Å²) >= 11 is 0. The van der Waals surface area contributed by atoms with Crippen molar-refractivity contribution >= 4 is 11.8 Å². The third kappa shape index (κ3) is 9.55. The van der Waals surface area contributed by atoms with Crippen LogP contribution in [0.1, 0.15) is 82.6 Å². The molecule has 0 spiro atoms. The van der Waals surface area contributed by atoms with Crippen molar-refractivity contribution in [2.24, 2.45) is 0 Å². The molecule has 0 saturated heterocycles. The lowest BCUT2D eigenvalue weighted by atomic mass is 9.66. The van der Waals surface area contributed by atoms with Crippen LogP contribution in [0.5, 0.6) is 0 Å². The monoisotopic (exact) mass is 662 g/mol. The second-order valence-electron chi connectivity index (χ2n) is 13.7. The van der Waals surface area contributed by atoms with Crippen molar-refractivity contribution in [3.63, 3.8) is 0 Å². The predicted molar refractivity (Wildman–Crippen MR) is 204 cm³/mol. The van der Waals surface area contributed by atoms with Gasteiger partial charge in [0, 0.05) is 25.4 Å². The first-order chi connectivity index (χ1) is 23.4. The van der Waals surface area contributed by atoms with Gasteiger partial charge in [0.25, 0.3) is 0 Å². The molecule has 49 heavy (non-hydrogen) atoms. The van der Waals surface area contributed by atoms with Crippen molar-refractivity contribution in [2.75, 3.05) is 28.2 Å². The highest BCUT2D eigenvalue weighted by Gasteiger charge is 2.45. The van der Waals surface area contributed by atoms with Crippen molar-refractivity contribution in [3.05, 3.63) is 144 Å². The van der Waals surface area contributed by atoms with Gasteiger partial charge in [-0.2, -0.15) is 0 Å². The van der Waals surface area contributed by atoms with Crippen molar-refractivity contribution in [2.45, 2.75) is 89.3 Å². The van der Waals surface area contributed by atoms with E-state index in [1.807, 2.05) is 55.5 Å². The number of esters is 1. The lowest BCUT2D eigenvalue weighted by molar-refractivity contribution is -0.150. The third-order valence-electron chi connectivity index (χ3n) is 10.1. The number of Topliss-reactive ketones (excluding diaryl/α,β-unsaturated/α-hetero) is 1. The molecule has 3 atom stereocenters. The van der Waals surface area contributed by atoms with E-state index in [1.54, 1.807) is 0 Å². The number of carbonyl (C=O) groups excluding carboxylic acids is 2. The Kier molecular flexibility index (Phi) is 15.0. The summed E-state index contributed by atoms with van der Waals surface area (Å²) in [5.74, 6) is 0.0502. The first kappa shape index (κ1) is 39.4. The summed E-state index contributed by atoms with van der Waals surface area (Å²) in [6.45, 7) is 9.96. The minimum absolute atomic E-state index is 0.229. The second-order valence-corrected chi connectivity index (χ2v) is 13.7. The van der Waals surface area contributed by atoms with Gasteiger partial charge < -0.3 is 14.5 Å². The topological polar surface area (TPSA) is 49.9 Å². The zero-order valence-electron chi connectivity index (χ0n) is 31.2. The molecule has 0 aliphatic carbocycles. The molecule has 4 rings (SSSR count). The molecule has 0 aromatic heterocycles. The summed E-state index contributed by atoms with van der Waals surface area (Å²) < 4.78 is 5.90. The Morgan fingerprint density at radius 3 is 1.24 bits per heavy atom. The molecule has 262 valence electrons. The van der Waals surface area contributed by atoms with E-state index in [2.05, 4.69) is 132 Å². The van der Waals surface area contributed by atoms with E-state index in [9.17, 15) is 9.59 Å². The molecule has 5 nitrogen and oxygen atoms in total. The fraction of sp³-hybridized carbons (Fsp3) is 0.409. The van der Waals surface area contributed by atoms with E-state index in [4.69, 9.17) is 4.74 Å². The average molecular weight is 663 g/mol. The molecule has 3 unspecified atom stereocenters. The van der Waals surface area contributed by atoms with E-state index >= 15 is 0 Å². The Morgan fingerprint density at radius 2 is 0.939 bits per heavy atom. The number of ether oxygens (including phenoxy) is 1. The van der Waals surface area contributed by atoms with Gasteiger partial charge in [-0.3, -0.25) is 9.59 Å². The largest absolute Gasteiger partial charge is 0.461 e. The van der Waals surface area contributed by atoms with E-state index < -0.39 is 10.8 Å². The van der Waals surface area contributed by atoms with E-state index in [0.29, 0.717) is 18.5 Å². The Morgan fingerprint density at radius 1 is 0.592 bits per heavy atom. The van der Waals surface area contributed by atoms with Crippen molar-refractivity contribution in [1.82, 2.24) is 9.80 Å². The van der Waals surface area contributed by atoms with Crippen LogP contribution in [0.3, 0.4) is 0 Å². The number of carbonyl (C=O) groups is 2. The maximum atomic E-state index is 13.2. The molecule has 0 bridgehead atoms. The zero-order chi connectivity index (χ0) is 36.0. The van der Waals surface area contributed by atoms with Gasteiger partial charge in [0.15, 0.2) is 0 Å². The fourth-order valence-electron chi connectivity index (χ4n) is 6.97. The summed E-state index contributed by atoms with van der Waals surface area (Å²) in [5, 5.41) is 0. The number of hydrogen-bond donors (Lipinski definition) is 0. The van der Waals surface area contributed by atoms with Crippen LogP contribution in [0.25, 0.3) is 0 Å². The molecule has 0 amide bonds. The summed E-state index contributed by atoms with van der Waals surface area (Å²) in [4.78, 5) is 29.5. The maximum absolute atomic E-state index is 13.2. The number of benzene rings is 4. The van der Waals surface area contributed by atoms with Gasteiger partial charge in [0.05, 0.1) is 10.8 Å². The van der Waals surface area contributed by atoms with Gasteiger partial charge in [-0.25, -0.2) is 0 Å². The number of hydrogen-bond acceptors (Lipinski definition) is 5. The van der Waals surface area contributed by atoms with Gasteiger partial charge in [0.1, 0.15) is 11.9 Å². The maximum Gasteiger partial charge on any atom is 0.302 e. The number of nitrogens with zero attached hydrogens (tertiary/aromatic N) is 2. The van der Waals surface area contributed by atoms with E-state index in [0.717, 1.165) is 30.4 Å². The summed E-state index contributed by atoms with van der Waals surface area (Å²) in [7, 11) is 8.33. The summed E-state index contributed by atoms with van der Waals surface area (Å²) in [6.07, 6.45) is 2.70. The molecule has 0 aliphatic heterocycles. The fourth-order valence-corrected chi connectivity index (χ4v) is 6.97. The van der Waals surface area contributed by atoms with Crippen LogP contribution in [0, 0.1) is 0 Å². The van der Waals surface area contributed by atoms with Crippen molar-refractivity contribution in [1.29, 1.82) is 0 Å². The van der Waals surface area contributed by atoms with Gasteiger partial charge >= 0.3 is 5.97 Å². The standard InChI is InChI=1S/C23H31NO2.C21H27NO/c1-6-22(26-19(3)25)23(17-18(2)24(4)5,20-13-9-7-10-14-20)21-15-11-8-12-16-21;1-5-20(23)21(16-17(2)22(3)4,18-12-8-6-9-13-18)19-14-10-7-11-15-19/h7-16,18,22H,6,17H2,1-5H3;6-15,17H,5,16H2,1-4H3. The minimum Gasteiger partial charge on any atom is -0.461 e. The van der Waals surface area contributed by atoms with E-state index in [-0.39, 0.29) is 17.9 Å². The smallest absolute Gasteiger partial charge is 0.302 e. The van der Waals surface area contributed by atoms with Gasteiger partial charge in [0.2, 0.25) is 0 Å². The molecular formula is C44H58N2O3. The highest BCUT2D eigenvalue weighted by Crippen LogP contribution is 2.43. The minimum atomic E-state index is -0.582. The van der Waals surface area contributed by atoms with Crippen LogP contribution < -0.4 is 0 Å². The van der Waals surface area contributed by atoms with Crippen LogP contribution in [0.4, 0.5) is 0 Å². The van der Waals surface area contributed by atoms with Crippen molar-refractivity contribution < 1.29 is 14.3 Å². The highest BCUT2D eigenvalue weighted by molar-refractivity contribution is 5.93. The third-order valence-corrected chi connectivity index (χ3v) is 10.1. The van der Waals surface area contributed by atoms with Crippen LogP contribution >= 0.6 is 0 Å². The Labute approximate surface area is 296 Å². The van der Waals surface area contributed by atoms with Crippen LogP contribution in [-0.4, -0.2) is 67.9 Å². The lowest BCUT2D eigenvalue weighted by Gasteiger charge is -2.43. The van der Waals surface area contributed by atoms with Crippen LogP contribution in [-0.2, 0) is 25.2 Å². The van der Waals surface area contributed by atoms with E-state index in [1.165, 1.54) is 18.1 Å². The molecular weight excluding hydrogens is 604 g/mol. The normalized spacial score (nSPS) is 13.6. The average Bonchev–Trinajstić information content (AvgIpc) is 3.13. The van der Waals surface area contributed by atoms with Crippen molar-refractivity contribution in [3.8, 4) is 0 Å². The van der Waals surface area contributed by atoms with Gasteiger partial charge in [-0.05, 0) is 83.6 Å². The van der Waals surface area contributed by atoms with Gasteiger partial charge in [-0.15, -0.1) is 0 Å². The molecule has 0 radical (unpaired) electrons. The van der Waals surface area contributed by atoms with Crippen LogP contribution in [0.2, 0.25) is 0 Å². The quantitative estimate of drug-likeness (QED) is 0.119. The van der Waals surface area contributed by atoms with Crippen LogP contribution in [0.15, 0.2) is 121 Å². The SMILES string of the molecule is CCC(=O)C(CC(C)N(C)C)(c1ccccc1)c1ccccc1.CCC(OC(C)=O)C(CC(C)N(C)C)(c1ccccc1)c1ccccc1. The first-order valence-electron chi connectivity index (χ1n) is 17.7. The molecule has 4 aromatic rings. The molecule has 4 aromatic carbocycles. The number of rotatable bonds is 15. The predicted octanol–water partition coefficient (Wildman–Crippen LogP) is 8.95. The first-order valence-corrected chi connectivity index (χ1v) is 17.7. The summed E-state index contributed by atoms with van der Waals surface area (Å²) in [6, 6.07) is 42.0. The summed E-state index contributed by atoms with van der Waals surface area (Å²) in [5.41, 5.74) is 3.58. The molecule has 5 heteroatoms. The molecule has 0 aliphatic rings. The molecule has 0 fully saturated rings. The Hall–Kier alpha value is -4.06. The Bertz CT molecular complexity index is 1460. The Balaban J connectivity index is 0.000000267. The molecule has 0 heterocycles. The molecule has 0 N–H and O–H groups in total. The second kappa shape index (κ2) is 18.6. The number of ketones is 1. The van der Waals surface area contributed by atoms with Gasteiger partial charge in [-0.1, -0.05) is 135 Å². The zero-order valence-corrected chi connectivity index (χ0v) is 31.2. The lowest BCUT2D eigenvalue weighted by Crippen LogP contribution is -2.47.